The highest BCUT2D eigenvalue weighted by Crippen LogP contribution is 2.43. The molecule has 178 valence electrons. The number of amides is 1. The predicted octanol–water partition coefficient (Wildman–Crippen LogP) is 5.94. The predicted molar refractivity (Wildman–Crippen MR) is 119 cm³/mol. The molecule has 1 fully saturated rings. The summed E-state index contributed by atoms with van der Waals surface area (Å²) in [5, 5.41) is 14.3. The molecule has 1 amide bonds. The lowest BCUT2D eigenvalue weighted by Crippen LogP contribution is -2.34. The lowest BCUT2D eigenvalue weighted by atomic mass is 9.71. The molecule has 0 aliphatic heterocycles. The van der Waals surface area contributed by atoms with Crippen molar-refractivity contribution in [3.63, 3.8) is 0 Å². The summed E-state index contributed by atoms with van der Waals surface area (Å²) in [4.78, 5) is 24.4. The minimum Gasteiger partial charge on any atom is -0.550 e. The number of carbonyl (C=O) groups excluding carboxylic acids is 2. The Morgan fingerprint density at radius 2 is 1.70 bits per heavy atom. The Morgan fingerprint density at radius 3 is 2.21 bits per heavy atom. The van der Waals surface area contributed by atoms with Gasteiger partial charge in [0.15, 0.2) is 0 Å². The Hall–Kier alpha value is -2.25. The minimum absolute atomic E-state index is 0.134. The number of carboxylic acid groups (broad SMARTS) is 1. The van der Waals surface area contributed by atoms with Gasteiger partial charge >= 0.3 is 6.18 Å². The summed E-state index contributed by atoms with van der Waals surface area (Å²) < 4.78 is 40.7. The van der Waals surface area contributed by atoms with E-state index in [0.29, 0.717) is 10.6 Å². The first kappa shape index (κ1) is 25.4. The van der Waals surface area contributed by atoms with Gasteiger partial charge in [0.2, 0.25) is 5.91 Å². The van der Waals surface area contributed by atoms with E-state index in [0.717, 1.165) is 26.2 Å². The summed E-state index contributed by atoms with van der Waals surface area (Å²) in [5.74, 6) is -5.72. The van der Waals surface area contributed by atoms with Crippen LogP contribution in [0.25, 0.3) is 0 Å². The van der Waals surface area contributed by atoms with Gasteiger partial charge in [-0.05, 0) is 66.5 Å². The third kappa shape index (κ3) is 6.21. The fourth-order valence-corrected chi connectivity index (χ4v) is 4.48. The number of benzene rings is 2. The first-order chi connectivity index (χ1) is 15.5. The van der Waals surface area contributed by atoms with Gasteiger partial charge in [-0.1, -0.05) is 54.7 Å². The van der Waals surface area contributed by atoms with Crippen molar-refractivity contribution in [3.8, 4) is 0 Å². The third-order valence-electron chi connectivity index (χ3n) is 6.31. The Balaban J connectivity index is 1.92. The van der Waals surface area contributed by atoms with Crippen LogP contribution in [0.2, 0.25) is 10.0 Å². The maximum atomic E-state index is 13.6. The van der Waals surface area contributed by atoms with E-state index in [1.165, 1.54) is 30.3 Å². The van der Waals surface area contributed by atoms with Crippen LogP contribution < -0.4 is 10.4 Å². The number of carbonyl (C=O) groups is 2. The van der Waals surface area contributed by atoms with Crippen LogP contribution in [0.5, 0.6) is 0 Å². The number of rotatable bonds is 8. The molecule has 3 rings (SSSR count). The maximum absolute atomic E-state index is 13.6. The summed E-state index contributed by atoms with van der Waals surface area (Å²) in [6.07, 6.45) is -2.03. The second kappa shape index (κ2) is 10.3. The highest BCUT2D eigenvalue weighted by atomic mass is 35.5. The minimum atomic E-state index is -4.61. The van der Waals surface area contributed by atoms with E-state index in [-0.39, 0.29) is 34.5 Å². The molecule has 0 radical (unpaired) electrons. The number of anilines is 1. The number of alkyl halides is 3. The molecule has 1 aliphatic rings. The summed E-state index contributed by atoms with van der Waals surface area (Å²) in [7, 11) is 0. The van der Waals surface area contributed by atoms with E-state index in [9.17, 15) is 27.9 Å². The maximum Gasteiger partial charge on any atom is 0.392 e. The average Bonchev–Trinajstić information content (AvgIpc) is 2.68. The van der Waals surface area contributed by atoms with Crippen molar-refractivity contribution in [1.29, 1.82) is 0 Å². The van der Waals surface area contributed by atoms with E-state index < -0.39 is 29.9 Å². The van der Waals surface area contributed by atoms with Crippen molar-refractivity contribution >= 4 is 40.8 Å². The van der Waals surface area contributed by atoms with Crippen LogP contribution in [0.4, 0.5) is 18.9 Å². The molecular formula is C24H23Cl2F3NO3-. The zero-order chi connectivity index (χ0) is 24.3. The first-order valence-corrected chi connectivity index (χ1v) is 11.3. The van der Waals surface area contributed by atoms with Gasteiger partial charge in [0.1, 0.15) is 0 Å². The van der Waals surface area contributed by atoms with Gasteiger partial charge in [-0.15, -0.1) is 0 Å². The van der Waals surface area contributed by atoms with Gasteiger partial charge in [-0.2, -0.15) is 13.2 Å². The van der Waals surface area contributed by atoms with Crippen molar-refractivity contribution in [2.75, 3.05) is 5.32 Å². The van der Waals surface area contributed by atoms with Gasteiger partial charge < -0.3 is 15.2 Å². The molecule has 1 aliphatic carbocycles. The molecule has 9 heteroatoms. The highest BCUT2D eigenvalue weighted by molar-refractivity contribution is 6.33. The monoisotopic (exact) mass is 500 g/mol. The van der Waals surface area contributed by atoms with Crippen LogP contribution in [0.15, 0.2) is 42.5 Å². The van der Waals surface area contributed by atoms with Crippen molar-refractivity contribution in [1.82, 2.24) is 0 Å². The van der Waals surface area contributed by atoms with Gasteiger partial charge in [-0.3, -0.25) is 4.79 Å². The molecule has 0 saturated heterocycles. The topological polar surface area (TPSA) is 69.2 Å². The second-order valence-corrected chi connectivity index (χ2v) is 9.31. The lowest BCUT2D eigenvalue weighted by Gasteiger charge is -2.34. The number of nitrogens with one attached hydrogen (secondary N) is 1. The molecule has 0 spiro atoms. The summed E-state index contributed by atoms with van der Waals surface area (Å²) in [5.41, 5.74) is 0.948. The first-order valence-electron chi connectivity index (χ1n) is 10.6. The van der Waals surface area contributed by atoms with Crippen LogP contribution in [0, 0.1) is 11.8 Å². The molecule has 1 saturated carbocycles. The molecule has 0 bridgehead atoms. The van der Waals surface area contributed by atoms with E-state index in [2.05, 4.69) is 5.32 Å². The Bertz CT molecular complexity index is 1010. The molecule has 1 unspecified atom stereocenters. The van der Waals surface area contributed by atoms with Crippen molar-refractivity contribution in [2.45, 2.75) is 50.6 Å². The molecule has 4 nitrogen and oxygen atoms in total. The van der Waals surface area contributed by atoms with Crippen LogP contribution in [-0.2, 0) is 9.59 Å². The zero-order valence-corrected chi connectivity index (χ0v) is 19.3. The van der Waals surface area contributed by atoms with Gasteiger partial charge in [-0.25, -0.2) is 0 Å². The smallest absolute Gasteiger partial charge is 0.392 e. The van der Waals surface area contributed by atoms with E-state index in [1.807, 2.05) is 0 Å². The summed E-state index contributed by atoms with van der Waals surface area (Å²) in [6, 6.07) is 10.4. The molecule has 0 aromatic heterocycles. The van der Waals surface area contributed by atoms with E-state index >= 15 is 0 Å². The van der Waals surface area contributed by atoms with Gasteiger partial charge in [0.25, 0.3) is 0 Å². The van der Waals surface area contributed by atoms with Crippen LogP contribution in [0.1, 0.15) is 55.6 Å². The second-order valence-electron chi connectivity index (χ2n) is 8.46. The fourth-order valence-electron chi connectivity index (χ4n) is 4.18. The van der Waals surface area contributed by atoms with E-state index in [1.54, 1.807) is 12.1 Å². The normalized spacial score (nSPS) is 17.0. The number of carboxylic acids is 1. The largest absolute Gasteiger partial charge is 0.550 e. The Labute approximate surface area is 200 Å². The van der Waals surface area contributed by atoms with Crippen molar-refractivity contribution in [3.05, 3.63) is 63.6 Å². The number of hydrogen-bond donors (Lipinski definition) is 1. The molecule has 1 N–H and O–H groups in total. The quantitative estimate of drug-likeness (QED) is 0.487. The summed E-state index contributed by atoms with van der Waals surface area (Å²) in [6.45, 7) is 0.948. The average molecular weight is 501 g/mol. The van der Waals surface area contributed by atoms with Crippen molar-refractivity contribution < 1.29 is 27.9 Å². The molecule has 0 heterocycles. The van der Waals surface area contributed by atoms with Gasteiger partial charge in [0, 0.05) is 11.0 Å². The van der Waals surface area contributed by atoms with Crippen LogP contribution in [-0.4, -0.2) is 18.1 Å². The molecular weight excluding hydrogens is 478 g/mol. The molecule has 33 heavy (non-hydrogen) atoms. The number of aliphatic carboxylic acids is 1. The van der Waals surface area contributed by atoms with E-state index in [4.69, 9.17) is 23.2 Å². The van der Waals surface area contributed by atoms with Crippen LogP contribution in [0.3, 0.4) is 0 Å². The fraction of sp³-hybridized carbons (Fsp3) is 0.417. The Morgan fingerprint density at radius 1 is 1.09 bits per heavy atom. The zero-order valence-electron chi connectivity index (χ0n) is 17.8. The molecule has 2 aromatic rings. The van der Waals surface area contributed by atoms with Gasteiger partial charge in [0.05, 0.1) is 22.5 Å². The van der Waals surface area contributed by atoms with Crippen molar-refractivity contribution in [2.24, 2.45) is 11.8 Å². The Kier molecular flexibility index (Phi) is 7.96. The lowest BCUT2D eigenvalue weighted by molar-refractivity contribution is -0.306. The summed E-state index contributed by atoms with van der Waals surface area (Å²) >= 11 is 12.1. The standard InChI is InChI=1S/C24H24Cl2F3NO3/c1-13(24(27,28)29)22(15-5-8-17(25)9-6-15)23(33)30-20-11-16(7-10-19(20)26)18(12-21(31)32)14-3-2-4-14/h5-11,13-14,18,22H,2-4,12H2,1H3,(H,30,33)(H,31,32)/p-1/t13-,18?,22+/m1/s1. The third-order valence-corrected chi connectivity index (χ3v) is 6.89. The SMILES string of the molecule is C[C@H]([C@H](C(=O)Nc1cc(C(CC(=O)[O-])C2CCC2)ccc1Cl)c1ccc(Cl)cc1)C(F)(F)F. The molecule has 2 aromatic carbocycles. The van der Waals surface area contributed by atoms with Crippen LogP contribution >= 0.6 is 23.2 Å². The molecule has 3 atom stereocenters. The number of hydrogen-bond acceptors (Lipinski definition) is 3. The highest BCUT2D eigenvalue weighted by Gasteiger charge is 2.45. The number of halogens is 5.